The predicted molar refractivity (Wildman–Crippen MR) is 162 cm³/mol. The second kappa shape index (κ2) is 15.3. The smallest absolute Gasteiger partial charge is 0.343 e. The SMILES string of the molecule is C=CC(=O)OCCCCOc1ccc(C(=O)Oc2ccc(OC(=O)c3ccc4c(c3)CCC(OC(=O)C=C)C4)c(C)c2)cc1. The van der Waals surface area contributed by atoms with Crippen LogP contribution in [-0.4, -0.2) is 43.2 Å². The quantitative estimate of drug-likeness (QED) is 0.103. The van der Waals surface area contributed by atoms with Gasteiger partial charge in [-0.3, -0.25) is 0 Å². The van der Waals surface area contributed by atoms with Crippen molar-refractivity contribution >= 4 is 23.9 Å². The first-order valence-electron chi connectivity index (χ1n) is 14.3. The summed E-state index contributed by atoms with van der Waals surface area (Å²) in [5.41, 5.74) is 3.44. The highest BCUT2D eigenvalue weighted by atomic mass is 16.5. The van der Waals surface area contributed by atoms with Crippen LogP contribution >= 0.6 is 0 Å². The van der Waals surface area contributed by atoms with Crippen LogP contribution in [0.3, 0.4) is 0 Å². The maximum Gasteiger partial charge on any atom is 0.343 e. The van der Waals surface area contributed by atoms with E-state index in [4.69, 9.17) is 23.7 Å². The Hall–Kier alpha value is -5.18. The number of ether oxygens (including phenoxy) is 5. The molecule has 3 aromatic rings. The molecule has 3 aromatic carbocycles. The third-order valence-electron chi connectivity index (χ3n) is 6.94. The van der Waals surface area contributed by atoms with Gasteiger partial charge in [0.25, 0.3) is 0 Å². The van der Waals surface area contributed by atoms with Crippen molar-refractivity contribution in [2.45, 2.75) is 45.1 Å². The van der Waals surface area contributed by atoms with Crippen molar-refractivity contribution in [1.82, 2.24) is 0 Å². The van der Waals surface area contributed by atoms with Crippen LogP contribution in [0.25, 0.3) is 0 Å². The van der Waals surface area contributed by atoms with Crippen molar-refractivity contribution < 1.29 is 42.9 Å². The van der Waals surface area contributed by atoms with E-state index in [2.05, 4.69) is 13.2 Å². The second-order valence-electron chi connectivity index (χ2n) is 10.1. The van der Waals surface area contributed by atoms with Crippen molar-refractivity contribution in [3.05, 3.63) is 114 Å². The van der Waals surface area contributed by atoms with Crippen LogP contribution in [0, 0.1) is 6.92 Å². The molecule has 0 amide bonds. The molecule has 0 saturated heterocycles. The van der Waals surface area contributed by atoms with Crippen molar-refractivity contribution in [3.63, 3.8) is 0 Å². The number of carbonyl (C=O) groups excluding carboxylic acids is 4. The van der Waals surface area contributed by atoms with Crippen LogP contribution in [0.2, 0.25) is 0 Å². The van der Waals surface area contributed by atoms with Gasteiger partial charge >= 0.3 is 23.9 Å². The molecule has 1 atom stereocenters. The molecule has 0 bridgehead atoms. The lowest BCUT2D eigenvalue weighted by atomic mass is 9.88. The second-order valence-corrected chi connectivity index (χ2v) is 10.1. The van der Waals surface area contributed by atoms with Crippen LogP contribution in [0.4, 0.5) is 0 Å². The zero-order valence-electron chi connectivity index (χ0n) is 24.5. The van der Waals surface area contributed by atoms with E-state index in [-0.39, 0.29) is 6.10 Å². The molecule has 0 aliphatic heterocycles. The highest BCUT2D eigenvalue weighted by Gasteiger charge is 2.23. The lowest BCUT2D eigenvalue weighted by Gasteiger charge is -2.24. The summed E-state index contributed by atoms with van der Waals surface area (Å²) in [4.78, 5) is 48.1. The molecule has 0 saturated carbocycles. The molecule has 0 aromatic heterocycles. The number of aryl methyl sites for hydroxylation is 2. The zero-order valence-corrected chi connectivity index (χ0v) is 24.5. The van der Waals surface area contributed by atoms with Gasteiger partial charge in [0.05, 0.1) is 24.3 Å². The van der Waals surface area contributed by atoms with E-state index >= 15 is 0 Å². The Morgan fingerprint density at radius 2 is 1.45 bits per heavy atom. The number of esters is 4. The van der Waals surface area contributed by atoms with Crippen molar-refractivity contribution in [1.29, 1.82) is 0 Å². The average Bonchev–Trinajstić information content (AvgIpc) is 3.03. The van der Waals surface area contributed by atoms with Crippen molar-refractivity contribution in [3.8, 4) is 17.2 Å². The topological polar surface area (TPSA) is 114 Å². The third kappa shape index (κ3) is 8.91. The van der Waals surface area contributed by atoms with Gasteiger partial charge in [0.15, 0.2) is 0 Å². The Labute approximate surface area is 256 Å². The van der Waals surface area contributed by atoms with Crippen LogP contribution in [0.5, 0.6) is 17.2 Å². The van der Waals surface area contributed by atoms with E-state index < -0.39 is 23.9 Å². The summed E-state index contributed by atoms with van der Waals surface area (Å²) >= 11 is 0. The fourth-order valence-corrected chi connectivity index (χ4v) is 4.60. The number of hydrogen-bond acceptors (Lipinski definition) is 9. The first kappa shape index (κ1) is 31.7. The minimum absolute atomic E-state index is 0.209. The minimum Gasteiger partial charge on any atom is -0.494 e. The molecule has 1 aliphatic rings. The zero-order chi connectivity index (χ0) is 31.5. The van der Waals surface area contributed by atoms with Crippen LogP contribution < -0.4 is 14.2 Å². The number of carbonyl (C=O) groups is 4. The van der Waals surface area contributed by atoms with Gasteiger partial charge < -0.3 is 23.7 Å². The largest absolute Gasteiger partial charge is 0.494 e. The van der Waals surface area contributed by atoms with E-state index in [9.17, 15) is 19.2 Å². The highest BCUT2D eigenvalue weighted by molar-refractivity contribution is 5.92. The van der Waals surface area contributed by atoms with Crippen molar-refractivity contribution in [2.75, 3.05) is 13.2 Å². The summed E-state index contributed by atoms with van der Waals surface area (Å²) in [5.74, 6) is -0.667. The number of fused-ring (bicyclic) bond motifs is 1. The Morgan fingerprint density at radius 1 is 0.773 bits per heavy atom. The molecular weight excluding hydrogens is 564 g/mol. The average molecular weight is 599 g/mol. The van der Waals surface area contributed by atoms with Gasteiger partial charge in [-0.15, -0.1) is 0 Å². The van der Waals surface area contributed by atoms with Gasteiger partial charge in [0.1, 0.15) is 23.4 Å². The molecule has 4 rings (SSSR count). The highest BCUT2D eigenvalue weighted by Crippen LogP contribution is 2.28. The fraction of sp³-hybridized carbons (Fsp3) is 0.257. The Kier molecular flexibility index (Phi) is 11.1. The Bertz CT molecular complexity index is 1540. The number of unbranched alkanes of at least 4 members (excludes halogenated alkanes) is 1. The third-order valence-corrected chi connectivity index (χ3v) is 6.94. The molecular formula is C35H34O9. The standard InChI is InChI=1S/C35H34O9/c1-4-32(36)41-19-7-6-18-40-28-13-10-24(11-14-28)34(38)43-29-16-17-31(23(3)20-29)44-35(39)27-9-8-26-22-30(42-33(37)5-2)15-12-25(26)21-27/h4-5,8-11,13-14,16-17,20-21,30H,1-2,6-7,12,15,18-19,22H2,3H3. The number of hydrogen-bond donors (Lipinski definition) is 0. The van der Waals surface area contributed by atoms with Crippen LogP contribution in [-0.2, 0) is 31.9 Å². The Balaban J connectivity index is 1.26. The predicted octanol–water partition coefficient (Wildman–Crippen LogP) is 5.91. The van der Waals surface area contributed by atoms with E-state index in [1.165, 1.54) is 0 Å². The number of benzene rings is 3. The summed E-state index contributed by atoms with van der Waals surface area (Å²) in [6, 6.07) is 16.7. The molecule has 1 unspecified atom stereocenters. The van der Waals surface area contributed by atoms with Crippen molar-refractivity contribution in [2.24, 2.45) is 0 Å². The molecule has 9 heteroatoms. The molecule has 1 aliphatic carbocycles. The van der Waals surface area contributed by atoms with Crippen LogP contribution in [0.1, 0.15) is 56.7 Å². The fourth-order valence-electron chi connectivity index (χ4n) is 4.60. The molecule has 0 fully saturated rings. The molecule has 0 N–H and O–H groups in total. The normalized spacial score (nSPS) is 13.5. The lowest BCUT2D eigenvalue weighted by Crippen LogP contribution is -2.25. The maximum absolute atomic E-state index is 12.9. The summed E-state index contributed by atoms with van der Waals surface area (Å²) in [7, 11) is 0. The molecule has 0 heterocycles. The van der Waals surface area contributed by atoms with Gasteiger partial charge in [0.2, 0.25) is 0 Å². The van der Waals surface area contributed by atoms with Crippen LogP contribution in [0.15, 0.2) is 86.0 Å². The maximum atomic E-state index is 12.9. The summed E-state index contributed by atoms with van der Waals surface area (Å²) in [5, 5.41) is 0. The van der Waals surface area contributed by atoms with Gasteiger partial charge in [-0.25, -0.2) is 19.2 Å². The van der Waals surface area contributed by atoms with E-state index in [1.807, 2.05) is 12.1 Å². The molecule has 0 radical (unpaired) electrons. The van der Waals surface area contributed by atoms with Gasteiger partial charge in [-0.2, -0.15) is 0 Å². The van der Waals surface area contributed by atoms with E-state index in [0.29, 0.717) is 79.3 Å². The molecule has 44 heavy (non-hydrogen) atoms. The monoisotopic (exact) mass is 598 g/mol. The summed E-state index contributed by atoms with van der Waals surface area (Å²) in [6.45, 7) is 9.27. The van der Waals surface area contributed by atoms with E-state index in [1.54, 1.807) is 55.5 Å². The summed E-state index contributed by atoms with van der Waals surface area (Å²) in [6.07, 6.45) is 5.36. The molecule has 228 valence electrons. The van der Waals surface area contributed by atoms with Gasteiger partial charge in [-0.05, 0) is 104 Å². The minimum atomic E-state index is -0.541. The molecule has 0 spiro atoms. The molecule has 9 nitrogen and oxygen atoms in total. The summed E-state index contributed by atoms with van der Waals surface area (Å²) < 4.78 is 27.1. The van der Waals surface area contributed by atoms with E-state index in [0.717, 1.165) is 23.3 Å². The lowest BCUT2D eigenvalue weighted by molar-refractivity contribution is -0.143. The number of rotatable bonds is 13. The first-order chi connectivity index (χ1) is 21.2. The van der Waals surface area contributed by atoms with Gasteiger partial charge in [0, 0.05) is 18.6 Å². The Morgan fingerprint density at radius 3 is 2.18 bits per heavy atom. The van der Waals surface area contributed by atoms with Gasteiger partial charge in [-0.1, -0.05) is 19.2 Å². The first-order valence-corrected chi connectivity index (χ1v) is 14.3.